The maximum atomic E-state index is 13.7. The zero-order valence-corrected chi connectivity index (χ0v) is 16.4. The third-order valence-electron chi connectivity index (χ3n) is 5.64. The Morgan fingerprint density at radius 2 is 1.97 bits per heavy atom. The number of hydrazone groups is 1. The summed E-state index contributed by atoms with van der Waals surface area (Å²) in [6, 6.07) is 6.44. The number of hydrogen-bond donors (Lipinski definition) is 0. The highest BCUT2D eigenvalue weighted by Gasteiger charge is 2.38. The molecule has 0 spiro atoms. The first-order valence-corrected chi connectivity index (χ1v) is 9.75. The van der Waals surface area contributed by atoms with Gasteiger partial charge in [0, 0.05) is 43.8 Å². The Kier molecular flexibility index (Phi) is 5.40. The molecule has 1 aromatic carbocycles. The van der Waals surface area contributed by atoms with E-state index in [0.717, 1.165) is 6.07 Å². The molecule has 0 unspecified atom stereocenters. The average Bonchev–Trinajstić information content (AvgIpc) is 3.22. The number of halogens is 2. The van der Waals surface area contributed by atoms with E-state index >= 15 is 0 Å². The first-order valence-electron chi connectivity index (χ1n) is 9.75. The van der Waals surface area contributed by atoms with Crippen molar-refractivity contribution in [3.8, 4) is 6.07 Å². The summed E-state index contributed by atoms with van der Waals surface area (Å²) in [5, 5.41) is 14.6. The largest absolute Gasteiger partial charge is 0.356 e. The molecular weight excluding hydrogens is 390 g/mol. The smallest absolute Gasteiger partial charge is 0.246 e. The predicted octanol–water partition coefficient (Wildman–Crippen LogP) is 3.05. The lowest BCUT2D eigenvalue weighted by molar-refractivity contribution is -0.139. The van der Waals surface area contributed by atoms with Crippen LogP contribution in [0.25, 0.3) is 0 Å². The second-order valence-corrected chi connectivity index (χ2v) is 7.63. The van der Waals surface area contributed by atoms with Crippen LogP contribution in [0.5, 0.6) is 0 Å². The van der Waals surface area contributed by atoms with Gasteiger partial charge in [0.05, 0.1) is 6.04 Å². The number of carbonyl (C=O) groups excluding carboxylic acids is 1. The second-order valence-electron chi connectivity index (χ2n) is 7.63. The van der Waals surface area contributed by atoms with Crippen molar-refractivity contribution < 1.29 is 13.6 Å². The van der Waals surface area contributed by atoms with Crippen molar-refractivity contribution in [1.29, 1.82) is 5.26 Å². The molecule has 0 bridgehead atoms. The molecule has 0 aliphatic carbocycles. The summed E-state index contributed by atoms with van der Waals surface area (Å²) in [5.41, 5.74) is 0.691. The van der Waals surface area contributed by atoms with E-state index in [1.165, 1.54) is 23.5 Å². The standard InChI is InChI=1S/C21H20F2N6O/c1-13-11-28(20-9-17(10-24)25-12-26-20)5-3-18(13)21(30)29-19(2-4-27-29)14-6-15(22)8-16(23)7-14/h4,6-9,12-13,18-19H,2-3,5,11H2,1H3/t13-,18-,19+/m1/s1. The van der Waals surface area contributed by atoms with Crippen molar-refractivity contribution >= 4 is 17.9 Å². The van der Waals surface area contributed by atoms with Gasteiger partial charge in [-0.3, -0.25) is 4.79 Å². The Hall–Kier alpha value is -3.41. The molecule has 2 aromatic rings. The molecule has 3 atom stereocenters. The SMILES string of the molecule is C[C@@H]1CN(c2cc(C#N)ncn2)CC[C@H]1C(=O)N1N=CC[C@H]1c1cc(F)cc(F)c1. The Balaban J connectivity index is 1.48. The molecule has 7 nitrogen and oxygen atoms in total. The van der Waals surface area contributed by atoms with Gasteiger partial charge in [-0.05, 0) is 30.0 Å². The summed E-state index contributed by atoms with van der Waals surface area (Å²) in [6.07, 6.45) is 3.97. The van der Waals surface area contributed by atoms with E-state index in [4.69, 9.17) is 5.26 Å². The molecule has 1 saturated heterocycles. The van der Waals surface area contributed by atoms with Crippen LogP contribution >= 0.6 is 0 Å². The van der Waals surface area contributed by atoms with Gasteiger partial charge in [-0.25, -0.2) is 23.8 Å². The molecule has 154 valence electrons. The van der Waals surface area contributed by atoms with Crippen LogP contribution in [0.4, 0.5) is 14.6 Å². The van der Waals surface area contributed by atoms with E-state index in [1.54, 1.807) is 12.3 Å². The van der Waals surface area contributed by atoms with E-state index in [-0.39, 0.29) is 17.7 Å². The number of amides is 1. The van der Waals surface area contributed by atoms with Crippen LogP contribution in [0.15, 0.2) is 35.7 Å². The molecule has 2 aliphatic heterocycles. The zero-order chi connectivity index (χ0) is 21.3. The maximum absolute atomic E-state index is 13.7. The number of piperidine rings is 1. The van der Waals surface area contributed by atoms with Gasteiger partial charge in [0.1, 0.15) is 35.5 Å². The number of hydrogen-bond acceptors (Lipinski definition) is 6. The summed E-state index contributed by atoms with van der Waals surface area (Å²) in [7, 11) is 0. The summed E-state index contributed by atoms with van der Waals surface area (Å²) < 4.78 is 27.3. The lowest BCUT2D eigenvalue weighted by atomic mass is 9.85. The molecule has 9 heteroatoms. The molecule has 3 heterocycles. The van der Waals surface area contributed by atoms with Crippen LogP contribution < -0.4 is 4.90 Å². The normalized spacial score (nSPS) is 23.5. The molecule has 30 heavy (non-hydrogen) atoms. The fraction of sp³-hybridized carbons (Fsp3) is 0.381. The zero-order valence-electron chi connectivity index (χ0n) is 16.4. The van der Waals surface area contributed by atoms with Gasteiger partial charge in [0.25, 0.3) is 0 Å². The molecule has 1 amide bonds. The van der Waals surface area contributed by atoms with Crippen molar-refractivity contribution in [3.05, 3.63) is 53.5 Å². The Labute approximate surface area is 172 Å². The number of nitriles is 1. The average molecular weight is 410 g/mol. The second kappa shape index (κ2) is 8.14. The first kappa shape index (κ1) is 19.9. The van der Waals surface area contributed by atoms with E-state index in [2.05, 4.69) is 15.1 Å². The van der Waals surface area contributed by atoms with Crippen LogP contribution in [0, 0.1) is 34.8 Å². The Morgan fingerprint density at radius 3 is 2.67 bits per heavy atom. The van der Waals surface area contributed by atoms with Crippen LogP contribution in [-0.2, 0) is 4.79 Å². The first-order chi connectivity index (χ1) is 14.5. The fourth-order valence-electron chi connectivity index (χ4n) is 4.14. The molecule has 0 radical (unpaired) electrons. The molecule has 1 aromatic heterocycles. The summed E-state index contributed by atoms with van der Waals surface area (Å²) in [5.74, 6) is -1.10. The topological polar surface area (TPSA) is 85.5 Å². The van der Waals surface area contributed by atoms with E-state index < -0.39 is 17.7 Å². The van der Waals surface area contributed by atoms with Crippen molar-refractivity contribution in [3.63, 3.8) is 0 Å². The molecule has 0 saturated carbocycles. The van der Waals surface area contributed by atoms with Gasteiger partial charge in [-0.15, -0.1) is 0 Å². The van der Waals surface area contributed by atoms with Crippen LogP contribution in [0.2, 0.25) is 0 Å². The number of rotatable bonds is 3. The minimum absolute atomic E-state index is 0.00689. The maximum Gasteiger partial charge on any atom is 0.246 e. The molecular formula is C21H20F2N6O. The highest BCUT2D eigenvalue weighted by atomic mass is 19.1. The van der Waals surface area contributed by atoms with E-state index in [9.17, 15) is 13.6 Å². The highest BCUT2D eigenvalue weighted by Crippen LogP contribution is 2.34. The van der Waals surface area contributed by atoms with Crippen molar-refractivity contribution in [2.75, 3.05) is 18.0 Å². The summed E-state index contributed by atoms with van der Waals surface area (Å²) in [6.45, 7) is 3.17. The minimum Gasteiger partial charge on any atom is -0.356 e. The number of nitrogens with zero attached hydrogens (tertiary/aromatic N) is 6. The number of aromatic nitrogens is 2. The van der Waals surface area contributed by atoms with Gasteiger partial charge in [0.2, 0.25) is 5.91 Å². The summed E-state index contributed by atoms with van der Waals surface area (Å²) in [4.78, 5) is 23.4. The molecule has 4 rings (SSSR count). The highest BCUT2D eigenvalue weighted by molar-refractivity contribution is 5.82. The van der Waals surface area contributed by atoms with Gasteiger partial charge in [-0.1, -0.05) is 6.92 Å². The van der Waals surface area contributed by atoms with Crippen molar-refractivity contribution in [2.24, 2.45) is 16.9 Å². The third-order valence-corrected chi connectivity index (χ3v) is 5.64. The number of benzene rings is 1. The van der Waals surface area contributed by atoms with Gasteiger partial charge in [-0.2, -0.15) is 10.4 Å². The van der Waals surface area contributed by atoms with Crippen LogP contribution in [-0.4, -0.2) is 40.2 Å². The monoisotopic (exact) mass is 410 g/mol. The molecule has 2 aliphatic rings. The van der Waals surface area contributed by atoms with Crippen molar-refractivity contribution in [1.82, 2.24) is 15.0 Å². The molecule has 0 N–H and O–H groups in total. The Bertz CT molecular complexity index is 1020. The Morgan fingerprint density at radius 1 is 1.20 bits per heavy atom. The van der Waals surface area contributed by atoms with E-state index in [0.29, 0.717) is 43.0 Å². The van der Waals surface area contributed by atoms with Gasteiger partial charge < -0.3 is 4.90 Å². The van der Waals surface area contributed by atoms with Gasteiger partial charge >= 0.3 is 0 Å². The lowest BCUT2D eigenvalue weighted by Crippen LogP contribution is -2.46. The van der Waals surface area contributed by atoms with Gasteiger partial charge in [0.15, 0.2) is 0 Å². The van der Waals surface area contributed by atoms with Crippen LogP contribution in [0.3, 0.4) is 0 Å². The van der Waals surface area contributed by atoms with Crippen LogP contribution in [0.1, 0.15) is 37.1 Å². The predicted molar refractivity (Wildman–Crippen MR) is 105 cm³/mol. The number of carbonyl (C=O) groups is 1. The quantitative estimate of drug-likeness (QED) is 0.776. The molecule has 1 fully saturated rings. The summed E-state index contributed by atoms with van der Waals surface area (Å²) >= 11 is 0. The van der Waals surface area contributed by atoms with E-state index in [1.807, 2.05) is 17.9 Å². The fourth-order valence-corrected chi connectivity index (χ4v) is 4.14. The third kappa shape index (κ3) is 3.85. The van der Waals surface area contributed by atoms with Crippen molar-refractivity contribution in [2.45, 2.75) is 25.8 Å². The minimum atomic E-state index is -0.674. The lowest BCUT2D eigenvalue weighted by Gasteiger charge is -2.38. The number of anilines is 1.